The van der Waals surface area contributed by atoms with Gasteiger partial charge < -0.3 is 16.0 Å². The van der Waals surface area contributed by atoms with Gasteiger partial charge in [0, 0.05) is 24.9 Å². The Morgan fingerprint density at radius 3 is 2.81 bits per heavy atom. The van der Waals surface area contributed by atoms with Crippen molar-refractivity contribution in [2.75, 3.05) is 38.0 Å². The van der Waals surface area contributed by atoms with Gasteiger partial charge in [0.2, 0.25) is 0 Å². The van der Waals surface area contributed by atoms with Crippen molar-refractivity contribution in [2.45, 2.75) is 20.3 Å². The van der Waals surface area contributed by atoms with Crippen LogP contribution in [0.1, 0.15) is 19.5 Å². The standard InChI is InChI=1S/C11H22N4S/c1-3-15(4-2)8-7-13-11-14-10(5-6-12)9-16-11/h9H,3-8,12H2,1-2H3,(H,13,14). The van der Waals surface area contributed by atoms with Gasteiger partial charge in [-0.15, -0.1) is 11.3 Å². The Morgan fingerprint density at radius 1 is 1.44 bits per heavy atom. The first-order valence-corrected chi connectivity index (χ1v) is 6.78. The summed E-state index contributed by atoms with van der Waals surface area (Å²) in [7, 11) is 0. The molecule has 0 saturated heterocycles. The summed E-state index contributed by atoms with van der Waals surface area (Å²) in [5.41, 5.74) is 6.58. The van der Waals surface area contributed by atoms with Crippen LogP contribution >= 0.6 is 11.3 Å². The fourth-order valence-electron chi connectivity index (χ4n) is 1.51. The number of nitrogens with one attached hydrogen (secondary N) is 1. The van der Waals surface area contributed by atoms with E-state index in [1.54, 1.807) is 11.3 Å². The van der Waals surface area contributed by atoms with E-state index in [0.29, 0.717) is 6.54 Å². The summed E-state index contributed by atoms with van der Waals surface area (Å²) in [5, 5.41) is 6.43. The lowest BCUT2D eigenvalue weighted by molar-refractivity contribution is 0.316. The lowest BCUT2D eigenvalue weighted by Gasteiger charge is -2.17. The molecular formula is C11H22N4S. The summed E-state index contributed by atoms with van der Waals surface area (Å²) in [6.07, 6.45) is 0.869. The van der Waals surface area contributed by atoms with E-state index in [0.717, 1.165) is 43.4 Å². The summed E-state index contributed by atoms with van der Waals surface area (Å²) in [4.78, 5) is 6.85. The molecule has 3 N–H and O–H groups in total. The topological polar surface area (TPSA) is 54.2 Å². The quantitative estimate of drug-likeness (QED) is 0.723. The largest absolute Gasteiger partial charge is 0.360 e. The minimum Gasteiger partial charge on any atom is -0.360 e. The smallest absolute Gasteiger partial charge is 0.182 e. The number of hydrogen-bond donors (Lipinski definition) is 2. The second-order valence-corrected chi connectivity index (χ2v) is 4.49. The predicted octanol–water partition coefficient (Wildman–Crippen LogP) is 1.40. The van der Waals surface area contributed by atoms with E-state index in [1.165, 1.54) is 0 Å². The molecule has 0 amide bonds. The molecule has 0 unspecified atom stereocenters. The van der Waals surface area contributed by atoms with Crippen LogP contribution in [0.3, 0.4) is 0 Å². The average Bonchev–Trinajstić information content (AvgIpc) is 2.73. The van der Waals surface area contributed by atoms with E-state index in [-0.39, 0.29) is 0 Å². The molecule has 0 spiro atoms. The third-order valence-electron chi connectivity index (χ3n) is 2.55. The van der Waals surface area contributed by atoms with Crippen molar-refractivity contribution in [3.63, 3.8) is 0 Å². The summed E-state index contributed by atoms with van der Waals surface area (Å²) >= 11 is 1.66. The lowest BCUT2D eigenvalue weighted by Crippen LogP contribution is -2.28. The Morgan fingerprint density at radius 2 is 2.19 bits per heavy atom. The maximum absolute atomic E-state index is 5.48. The lowest BCUT2D eigenvalue weighted by atomic mass is 10.3. The zero-order chi connectivity index (χ0) is 11.8. The zero-order valence-corrected chi connectivity index (χ0v) is 11.0. The van der Waals surface area contributed by atoms with E-state index in [2.05, 4.69) is 34.4 Å². The molecule has 5 heteroatoms. The van der Waals surface area contributed by atoms with E-state index < -0.39 is 0 Å². The van der Waals surface area contributed by atoms with Crippen LogP contribution in [0.25, 0.3) is 0 Å². The van der Waals surface area contributed by atoms with Crippen molar-refractivity contribution >= 4 is 16.5 Å². The third kappa shape index (κ3) is 4.47. The minimum atomic E-state index is 0.669. The Bertz CT molecular complexity index is 283. The molecule has 1 aromatic heterocycles. The van der Waals surface area contributed by atoms with Crippen LogP contribution in [0, 0.1) is 0 Å². The van der Waals surface area contributed by atoms with Gasteiger partial charge in [-0.2, -0.15) is 0 Å². The molecular weight excluding hydrogens is 220 g/mol. The van der Waals surface area contributed by atoms with Gasteiger partial charge >= 0.3 is 0 Å². The van der Waals surface area contributed by atoms with Gasteiger partial charge in [-0.3, -0.25) is 0 Å². The van der Waals surface area contributed by atoms with E-state index in [4.69, 9.17) is 5.73 Å². The molecule has 1 aromatic rings. The highest BCUT2D eigenvalue weighted by Crippen LogP contribution is 2.14. The summed E-state index contributed by atoms with van der Waals surface area (Å²) in [6, 6.07) is 0. The average molecular weight is 242 g/mol. The Balaban J connectivity index is 2.25. The highest BCUT2D eigenvalue weighted by atomic mass is 32.1. The number of rotatable bonds is 8. The zero-order valence-electron chi connectivity index (χ0n) is 10.2. The molecule has 4 nitrogen and oxygen atoms in total. The summed E-state index contributed by atoms with van der Waals surface area (Å²) in [6.45, 7) is 9.28. The van der Waals surface area contributed by atoms with Crippen LogP contribution in [-0.2, 0) is 6.42 Å². The number of likely N-dealkylation sites (N-methyl/N-ethyl adjacent to an activating group) is 1. The van der Waals surface area contributed by atoms with Crippen LogP contribution in [0.2, 0.25) is 0 Å². The highest BCUT2D eigenvalue weighted by Gasteiger charge is 2.02. The molecule has 0 aliphatic heterocycles. The SMILES string of the molecule is CCN(CC)CCNc1nc(CCN)cs1. The van der Waals surface area contributed by atoms with Crippen LogP contribution in [-0.4, -0.2) is 42.6 Å². The number of thiazole rings is 1. The molecule has 0 saturated carbocycles. The molecule has 1 heterocycles. The van der Waals surface area contributed by atoms with Crippen molar-refractivity contribution in [2.24, 2.45) is 5.73 Å². The molecule has 1 rings (SSSR count). The van der Waals surface area contributed by atoms with Crippen molar-refractivity contribution in [3.8, 4) is 0 Å². The Hall–Kier alpha value is -0.650. The van der Waals surface area contributed by atoms with Gasteiger partial charge in [0.05, 0.1) is 5.69 Å². The fourth-order valence-corrected chi connectivity index (χ4v) is 2.29. The molecule has 0 aromatic carbocycles. The van der Waals surface area contributed by atoms with E-state index in [9.17, 15) is 0 Å². The van der Waals surface area contributed by atoms with E-state index in [1.807, 2.05) is 0 Å². The first-order valence-electron chi connectivity index (χ1n) is 5.90. The molecule has 0 atom stereocenters. The van der Waals surface area contributed by atoms with Gasteiger partial charge in [-0.1, -0.05) is 13.8 Å². The summed E-state index contributed by atoms with van der Waals surface area (Å²) in [5.74, 6) is 0. The number of nitrogens with zero attached hydrogens (tertiary/aromatic N) is 2. The maximum atomic E-state index is 5.48. The van der Waals surface area contributed by atoms with Gasteiger partial charge in [0.15, 0.2) is 5.13 Å². The van der Waals surface area contributed by atoms with Gasteiger partial charge in [0.1, 0.15) is 0 Å². The number of anilines is 1. The number of aromatic nitrogens is 1. The monoisotopic (exact) mass is 242 g/mol. The Kier molecular flexibility index (Phi) is 6.37. The predicted molar refractivity (Wildman–Crippen MR) is 71.2 cm³/mol. The van der Waals surface area contributed by atoms with E-state index >= 15 is 0 Å². The molecule has 0 radical (unpaired) electrons. The van der Waals surface area contributed by atoms with Crippen molar-refractivity contribution in [1.29, 1.82) is 0 Å². The van der Waals surface area contributed by atoms with Crippen LogP contribution in [0.4, 0.5) is 5.13 Å². The first-order chi connectivity index (χ1) is 7.80. The molecule has 0 aliphatic carbocycles. The van der Waals surface area contributed by atoms with Gasteiger partial charge in [-0.05, 0) is 19.6 Å². The molecule has 0 fully saturated rings. The molecule has 16 heavy (non-hydrogen) atoms. The Labute approximate surface area is 102 Å². The first kappa shape index (κ1) is 13.4. The van der Waals surface area contributed by atoms with Crippen molar-refractivity contribution < 1.29 is 0 Å². The van der Waals surface area contributed by atoms with Gasteiger partial charge in [-0.25, -0.2) is 4.98 Å². The normalized spacial score (nSPS) is 11.0. The number of hydrogen-bond acceptors (Lipinski definition) is 5. The van der Waals surface area contributed by atoms with Gasteiger partial charge in [0.25, 0.3) is 0 Å². The van der Waals surface area contributed by atoms with Crippen LogP contribution in [0.5, 0.6) is 0 Å². The van der Waals surface area contributed by atoms with Crippen LogP contribution in [0.15, 0.2) is 5.38 Å². The highest BCUT2D eigenvalue weighted by molar-refractivity contribution is 7.13. The minimum absolute atomic E-state index is 0.669. The second-order valence-electron chi connectivity index (χ2n) is 3.64. The fraction of sp³-hybridized carbons (Fsp3) is 0.727. The molecule has 0 bridgehead atoms. The summed E-state index contributed by atoms with van der Waals surface area (Å²) < 4.78 is 0. The van der Waals surface area contributed by atoms with Crippen molar-refractivity contribution in [1.82, 2.24) is 9.88 Å². The molecule has 0 aliphatic rings. The van der Waals surface area contributed by atoms with Crippen LogP contribution < -0.4 is 11.1 Å². The number of nitrogens with two attached hydrogens (primary N) is 1. The maximum Gasteiger partial charge on any atom is 0.182 e. The second kappa shape index (κ2) is 7.60. The third-order valence-corrected chi connectivity index (χ3v) is 3.40. The van der Waals surface area contributed by atoms with Crippen molar-refractivity contribution in [3.05, 3.63) is 11.1 Å². The molecule has 92 valence electrons.